The molecule has 3 aliphatic heterocycles. The summed E-state index contributed by atoms with van der Waals surface area (Å²) in [4.78, 5) is 23.0. The number of aliphatic imine (C=N–C) groups is 1. The zero-order chi connectivity index (χ0) is 19.1. The van der Waals surface area contributed by atoms with Crippen LogP contribution in [-0.4, -0.2) is 112 Å². The molecule has 2 unspecified atom stereocenters. The number of guanidine groups is 1. The predicted octanol–water partition coefficient (Wildman–Crippen LogP) is -0.00420. The normalized spacial score (nSPS) is 27.6. The Bertz CT molecular complexity index is 502. The number of amides is 1. The second-order valence-corrected chi connectivity index (χ2v) is 7.83. The van der Waals surface area contributed by atoms with Gasteiger partial charge in [-0.3, -0.25) is 9.69 Å². The van der Waals surface area contributed by atoms with Crippen molar-refractivity contribution in [2.45, 2.75) is 37.8 Å². The summed E-state index contributed by atoms with van der Waals surface area (Å²) >= 11 is 0. The summed E-state index contributed by atoms with van der Waals surface area (Å²) in [6.45, 7) is 7.37. The van der Waals surface area contributed by atoms with Crippen LogP contribution in [0.25, 0.3) is 0 Å². The molecule has 0 aromatic carbocycles. The molecule has 0 aliphatic carbocycles. The minimum Gasteiger partial charge on any atom is -0.379 e. The third kappa shape index (κ3) is 6.05. The summed E-state index contributed by atoms with van der Waals surface area (Å²) in [5.74, 6) is 0.863. The van der Waals surface area contributed by atoms with Gasteiger partial charge in [0.1, 0.15) is 6.54 Å². The molecule has 0 aromatic heterocycles. The van der Waals surface area contributed by atoms with Gasteiger partial charge in [0.05, 0.1) is 19.3 Å². The number of ether oxygens (including phenoxy) is 2. The number of likely N-dealkylation sites (tertiary alicyclic amines) is 1. The highest BCUT2D eigenvalue weighted by Crippen LogP contribution is 2.17. The number of likely N-dealkylation sites (N-methyl/N-ethyl adjacent to an activating group) is 1. The Hall–Kier alpha value is -1.38. The lowest BCUT2D eigenvalue weighted by Gasteiger charge is -2.32. The van der Waals surface area contributed by atoms with E-state index in [1.165, 1.54) is 6.42 Å². The van der Waals surface area contributed by atoms with Gasteiger partial charge in [0.2, 0.25) is 5.91 Å². The molecular formula is C19H35N5O3. The monoisotopic (exact) mass is 381 g/mol. The van der Waals surface area contributed by atoms with Crippen LogP contribution in [0.15, 0.2) is 4.99 Å². The number of nitrogens with zero attached hydrogens (tertiary/aromatic N) is 4. The Balaban J connectivity index is 1.58. The Morgan fingerprint density at radius 2 is 1.96 bits per heavy atom. The molecule has 2 atom stereocenters. The first-order valence-electron chi connectivity index (χ1n) is 10.3. The summed E-state index contributed by atoms with van der Waals surface area (Å²) in [5, 5.41) is 3.49. The van der Waals surface area contributed by atoms with E-state index < -0.39 is 0 Å². The number of rotatable bonds is 5. The van der Waals surface area contributed by atoms with Gasteiger partial charge in [-0.2, -0.15) is 0 Å². The van der Waals surface area contributed by atoms with Crippen LogP contribution < -0.4 is 5.32 Å². The van der Waals surface area contributed by atoms with E-state index in [4.69, 9.17) is 9.47 Å². The first-order chi connectivity index (χ1) is 13.1. The largest absolute Gasteiger partial charge is 0.379 e. The van der Waals surface area contributed by atoms with Crippen molar-refractivity contribution < 1.29 is 14.3 Å². The molecule has 8 nitrogen and oxygen atoms in total. The zero-order valence-electron chi connectivity index (χ0n) is 16.9. The topological polar surface area (TPSA) is 69.6 Å². The molecule has 3 fully saturated rings. The summed E-state index contributed by atoms with van der Waals surface area (Å²) < 4.78 is 11.3. The van der Waals surface area contributed by atoms with Crippen LogP contribution in [0, 0.1) is 0 Å². The third-order valence-electron chi connectivity index (χ3n) is 5.65. The molecule has 1 N–H and O–H groups in total. The second kappa shape index (κ2) is 10.2. The first-order valence-corrected chi connectivity index (χ1v) is 10.3. The standard InChI is InChI=1S/C19H35N5O3/c1-22(2)18(25)14-21-19(20-13-17-5-3-4-10-27-17)24-7-6-16(15-24)23-8-11-26-12-9-23/h16-17H,3-15H2,1-2H3,(H,20,21). The van der Waals surface area contributed by atoms with Gasteiger partial charge in [0.15, 0.2) is 5.96 Å². The lowest BCUT2D eigenvalue weighted by Crippen LogP contribution is -2.48. The highest BCUT2D eigenvalue weighted by atomic mass is 16.5. The van der Waals surface area contributed by atoms with Crippen molar-refractivity contribution in [1.29, 1.82) is 0 Å². The van der Waals surface area contributed by atoms with E-state index in [0.29, 0.717) is 6.04 Å². The molecule has 0 spiro atoms. The zero-order valence-corrected chi connectivity index (χ0v) is 16.9. The number of carbonyl (C=O) groups excluding carboxylic acids is 1. The van der Waals surface area contributed by atoms with Crippen LogP contribution >= 0.6 is 0 Å². The van der Waals surface area contributed by atoms with Crippen LogP contribution in [0.1, 0.15) is 25.7 Å². The van der Waals surface area contributed by atoms with Crippen LogP contribution in [-0.2, 0) is 14.3 Å². The summed E-state index contributed by atoms with van der Waals surface area (Å²) in [6.07, 6.45) is 4.84. The average molecular weight is 382 g/mol. The SMILES string of the molecule is CN(C)C(=O)CN=C(NCC1CCCCO1)N1CCC(N2CCOCC2)C1. The maximum absolute atomic E-state index is 12.0. The van der Waals surface area contributed by atoms with E-state index >= 15 is 0 Å². The summed E-state index contributed by atoms with van der Waals surface area (Å²) in [7, 11) is 3.54. The fourth-order valence-corrected chi connectivity index (χ4v) is 3.90. The quantitative estimate of drug-likeness (QED) is 0.534. The lowest BCUT2D eigenvalue weighted by molar-refractivity contribution is -0.127. The summed E-state index contributed by atoms with van der Waals surface area (Å²) in [6, 6.07) is 0.538. The number of morpholine rings is 1. The molecule has 3 saturated heterocycles. The molecule has 8 heteroatoms. The van der Waals surface area contributed by atoms with Crippen molar-refractivity contribution in [3.63, 3.8) is 0 Å². The highest BCUT2D eigenvalue weighted by Gasteiger charge is 2.30. The minimum absolute atomic E-state index is 0.0205. The van der Waals surface area contributed by atoms with Gasteiger partial charge >= 0.3 is 0 Å². The molecule has 0 radical (unpaired) electrons. The van der Waals surface area contributed by atoms with E-state index in [9.17, 15) is 4.79 Å². The van der Waals surface area contributed by atoms with Gasteiger partial charge in [0.25, 0.3) is 0 Å². The fraction of sp³-hybridized carbons (Fsp3) is 0.895. The molecule has 3 heterocycles. The molecule has 0 aromatic rings. The van der Waals surface area contributed by atoms with Crippen LogP contribution in [0.2, 0.25) is 0 Å². The van der Waals surface area contributed by atoms with Crippen molar-refractivity contribution >= 4 is 11.9 Å². The number of carbonyl (C=O) groups is 1. The Labute approximate surface area is 162 Å². The van der Waals surface area contributed by atoms with Crippen molar-refractivity contribution in [2.75, 3.05) is 73.2 Å². The predicted molar refractivity (Wildman–Crippen MR) is 105 cm³/mol. The molecule has 0 saturated carbocycles. The third-order valence-corrected chi connectivity index (χ3v) is 5.65. The van der Waals surface area contributed by atoms with Crippen molar-refractivity contribution in [3.8, 4) is 0 Å². The molecule has 1 amide bonds. The van der Waals surface area contributed by atoms with Crippen LogP contribution in [0.3, 0.4) is 0 Å². The minimum atomic E-state index is 0.0205. The number of hydrogen-bond donors (Lipinski definition) is 1. The van der Waals surface area contributed by atoms with E-state index in [0.717, 1.165) is 77.8 Å². The van der Waals surface area contributed by atoms with Gasteiger partial charge in [-0.1, -0.05) is 0 Å². The smallest absolute Gasteiger partial charge is 0.243 e. The van der Waals surface area contributed by atoms with Crippen molar-refractivity contribution in [1.82, 2.24) is 20.0 Å². The molecule has 3 rings (SSSR count). The number of hydrogen-bond acceptors (Lipinski definition) is 5. The molecular weight excluding hydrogens is 346 g/mol. The van der Waals surface area contributed by atoms with E-state index in [-0.39, 0.29) is 18.6 Å². The van der Waals surface area contributed by atoms with E-state index in [1.54, 1.807) is 19.0 Å². The molecule has 3 aliphatic rings. The maximum Gasteiger partial charge on any atom is 0.243 e. The van der Waals surface area contributed by atoms with Crippen LogP contribution in [0.5, 0.6) is 0 Å². The Morgan fingerprint density at radius 1 is 1.15 bits per heavy atom. The first kappa shape index (κ1) is 20.4. The lowest BCUT2D eigenvalue weighted by atomic mass is 10.1. The Kier molecular flexibility index (Phi) is 7.72. The van der Waals surface area contributed by atoms with Gasteiger partial charge in [-0.15, -0.1) is 0 Å². The fourth-order valence-electron chi connectivity index (χ4n) is 3.90. The van der Waals surface area contributed by atoms with Gasteiger partial charge in [0, 0.05) is 59.5 Å². The van der Waals surface area contributed by atoms with Crippen molar-refractivity contribution in [3.05, 3.63) is 0 Å². The van der Waals surface area contributed by atoms with E-state index in [2.05, 4.69) is 20.1 Å². The van der Waals surface area contributed by atoms with E-state index in [1.807, 2.05) is 0 Å². The molecule has 0 bridgehead atoms. The number of nitrogens with one attached hydrogen (secondary N) is 1. The summed E-state index contributed by atoms with van der Waals surface area (Å²) in [5.41, 5.74) is 0. The Morgan fingerprint density at radius 3 is 2.67 bits per heavy atom. The van der Waals surface area contributed by atoms with Gasteiger partial charge in [-0.05, 0) is 25.7 Å². The van der Waals surface area contributed by atoms with Gasteiger partial charge in [-0.25, -0.2) is 4.99 Å². The highest BCUT2D eigenvalue weighted by molar-refractivity contribution is 5.85. The second-order valence-electron chi connectivity index (χ2n) is 7.83. The molecule has 154 valence electrons. The van der Waals surface area contributed by atoms with Crippen LogP contribution in [0.4, 0.5) is 0 Å². The maximum atomic E-state index is 12.0. The molecule has 27 heavy (non-hydrogen) atoms. The average Bonchev–Trinajstić information content (AvgIpc) is 3.19. The van der Waals surface area contributed by atoms with Crippen molar-refractivity contribution in [2.24, 2.45) is 4.99 Å². The van der Waals surface area contributed by atoms with Gasteiger partial charge < -0.3 is 24.6 Å².